The third kappa shape index (κ3) is 13.4. The second-order valence-corrected chi connectivity index (χ2v) is 8.08. The number of halogens is 1. The molecule has 0 rings (SSSR count). The van der Waals surface area contributed by atoms with Crippen molar-refractivity contribution >= 4 is 45.7 Å². The maximum Gasteiger partial charge on any atom is -0.147 e. The summed E-state index contributed by atoms with van der Waals surface area (Å²) in [5.41, 5.74) is 0. The first kappa shape index (κ1) is 16.8. The maximum absolute atomic E-state index is 5.61. The largest absolute Gasteiger partial charge is 0.147 e. The van der Waals surface area contributed by atoms with Gasteiger partial charge in [0.2, 0.25) is 0 Å². The van der Waals surface area contributed by atoms with E-state index in [4.69, 9.17) is 3.07 Å². The van der Waals surface area contributed by atoms with Gasteiger partial charge in [-0.15, -0.1) is 12.4 Å². The molecule has 5 heteroatoms. The number of thioether (sulfide) groups is 1. The van der Waals surface area contributed by atoms with Crippen molar-refractivity contribution in [1.82, 2.24) is 5.32 Å². The molecule has 0 bridgehead atoms. The predicted octanol–water partition coefficient (Wildman–Crippen LogP) is 2.17. The molecule has 13 heavy (non-hydrogen) atoms. The molecule has 0 spiro atoms. The Kier molecular flexibility index (Phi) is 17.2. The van der Waals surface area contributed by atoms with Crippen LogP contribution in [0.4, 0.5) is 0 Å². The normalized spacial score (nSPS) is 12.2. The van der Waals surface area contributed by atoms with Crippen LogP contribution in [0, 0.1) is 0 Å². The first-order valence-electron chi connectivity index (χ1n) is 4.41. The van der Waals surface area contributed by atoms with Crippen molar-refractivity contribution in [2.45, 2.75) is 24.2 Å². The van der Waals surface area contributed by atoms with Crippen molar-refractivity contribution in [3.8, 4) is 0 Å². The Morgan fingerprint density at radius 1 is 1.54 bits per heavy atom. The Hall–Kier alpha value is 1.36. The zero-order chi connectivity index (χ0) is 9.23. The Morgan fingerprint density at radius 2 is 2.23 bits per heavy atom. The maximum atomic E-state index is 5.61. The fourth-order valence-corrected chi connectivity index (χ4v) is 4.74. The van der Waals surface area contributed by atoms with Crippen LogP contribution >= 0.6 is 24.2 Å². The van der Waals surface area contributed by atoms with Gasteiger partial charge in [-0.25, -0.2) is 0 Å². The molecule has 2 nitrogen and oxygen atoms in total. The van der Waals surface area contributed by atoms with Gasteiger partial charge in [0, 0.05) is 0 Å². The molecule has 2 radical (unpaired) electrons. The van der Waals surface area contributed by atoms with E-state index in [1.54, 1.807) is 0 Å². The summed E-state index contributed by atoms with van der Waals surface area (Å²) in [6, 6.07) is 0. The Morgan fingerprint density at radius 3 is 2.77 bits per heavy atom. The van der Waals surface area contributed by atoms with Gasteiger partial charge < -0.3 is 0 Å². The van der Waals surface area contributed by atoms with E-state index in [1.165, 1.54) is 5.75 Å². The summed E-state index contributed by atoms with van der Waals surface area (Å²) >= 11 is 1.46. The third-order valence-corrected chi connectivity index (χ3v) is 6.07. The number of hydrogen-bond acceptors (Lipinski definition) is 3. The van der Waals surface area contributed by atoms with Crippen molar-refractivity contribution < 1.29 is 3.07 Å². The van der Waals surface area contributed by atoms with Crippen LogP contribution in [0.3, 0.4) is 0 Å². The molecule has 0 fully saturated rings. The van der Waals surface area contributed by atoms with E-state index in [9.17, 15) is 0 Å². The monoisotopic (exact) mass is 333 g/mol. The van der Waals surface area contributed by atoms with E-state index < -0.39 is 21.6 Å². The van der Waals surface area contributed by atoms with E-state index in [-0.39, 0.29) is 12.4 Å². The smallest absolute Gasteiger partial charge is 0.147 e. The second-order valence-electron chi connectivity index (χ2n) is 2.74. The first-order chi connectivity index (χ1) is 5.81. The van der Waals surface area contributed by atoms with Gasteiger partial charge in [-0.3, -0.25) is 0 Å². The Labute approximate surface area is 103 Å². The summed E-state index contributed by atoms with van der Waals surface area (Å²) in [4.78, 5) is 0. The van der Waals surface area contributed by atoms with Gasteiger partial charge in [0.05, 0.1) is 0 Å². The van der Waals surface area contributed by atoms with E-state index >= 15 is 0 Å². The average Bonchev–Trinajstić information content (AvgIpc) is 2.06. The summed E-state index contributed by atoms with van der Waals surface area (Å²) in [6.07, 6.45) is 1.16. The minimum absolute atomic E-state index is 0. The van der Waals surface area contributed by atoms with Crippen LogP contribution in [0.25, 0.3) is 0 Å². The summed E-state index contributed by atoms with van der Waals surface area (Å²) in [5.74, 6) is 2.33. The molecule has 80 valence electrons. The van der Waals surface area contributed by atoms with Crippen molar-refractivity contribution in [2.24, 2.45) is 0 Å². The van der Waals surface area contributed by atoms with Crippen LogP contribution < -0.4 is 5.32 Å². The molecule has 0 aromatic heterocycles. The van der Waals surface area contributed by atoms with Gasteiger partial charge >= 0.3 is 91.2 Å². The van der Waals surface area contributed by atoms with Gasteiger partial charge in [-0.2, -0.15) is 0 Å². The van der Waals surface area contributed by atoms with Crippen LogP contribution in [-0.4, -0.2) is 46.8 Å². The molecule has 0 aliphatic rings. The van der Waals surface area contributed by atoms with Crippen LogP contribution in [0.1, 0.15) is 20.3 Å². The van der Waals surface area contributed by atoms with Crippen LogP contribution in [0.15, 0.2) is 0 Å². The molecule has 0 saturated carbocycles. The van der Waals surface area contributed by atoms with Gasteiger partial charge in [0.25, 0.3) is 0 Å². The SMILES string of the molecule is CCC[O][Sn][CH](C)CSCNC.Cl. The standard InChI is InChI=1S/C5H12NS.C3H7O.ClH.Sn/c1-3-4-7-5-6-2;1-2-3-4;;/h3,6H,4-5H2,1-2H3;2-3H2,1H3;1H;/q;-1;;+1. The summed E-state index contributed by atoms with van der Waals surface area (Å²) in [7, 11) is 1.99. The predicted molar refractivity (Wildman–Crippen MR) is 65.1 cm³/mol. The zero-order valence-electron chi connectivity index (χ0n) is 8.63. The van der Waals surface area contributed by atoms with E-state index in [1.807, 2.05) is 18.8 Å². The molecule has 0 amide bonds. The Bertz CT molecular complexity index is 90.2. The van der Waals surface area contributed by atoms with E-state index in [0.29, 0.717) is 0 Å². The summed E-state index contributed by atoms with van der Waals surface area (Å²) in [6.45, 7) is 5.46. The van der Waals surface area contributed by atoms with Crippen molar-refractivity contribution in [3.63, 3.8) is 0 Å². The van der Waals surface area contributed by atoms with Gasteiger partial charge in [-0.05, 0) is 0 Å². The summed E-state index contributed by atoms with van der Waals surface area (Å²) < 4.78 is 6.46. The van der Waals surface area contributed by atoms with Crippen LogP contribution in [0.2, 0.25) is 3.93 Å². The molecule has 0 aliphatic carbocycles. The van der Waals surface area contributed by atoms with Crippen molar-refractivity contribution in [1.29, 1.82) is 0 Å². The zero-order valence-corrected chi connectivity index (χ0v) is 13.1. The van der Waals surface area contributed by atoms with E-state index in [2.05, 4.69) is 19.2 Å². The second kappa shape index (κ2) is 13.4. The fourth-order valence-electron chi connectivity index (χ4n) is 0.675. The molecular formula is C8H20ClNOSSn. The topological polar surface area (TPSA) is 21.3 Å². The van der Waals surface area contributed by atoms with Crippen LogP contribution in [0.5, 0.6) is 0 Å². The molecule has 1 unspecified atom stereocenters. The molecular weight excluding hydrogens is 312 g/mol. The summed E-state index contributed by atoms with van der Waals surface area (Å²) in [5, 5.41) is 3.13. The Balaban J connectivity index is 0. The van der Waals surface area contributed by atoms with Crippen molar-refractivity contribution in [3.05, 3.63) is 0 Å². The number of hydrogen-bond donors (Lipinski definition) is 1. The van der Waals surface area contributed by atoms with Gasteiger partial charge in [0.1, 0.15) is 0 Å². The molecule has 0 aromatic carbocycles. The molecule has 0 aromatic rings. The molecule has 0 aliphatic heterocycles. The number of nitrogens with one attached hydrogen (secondary N) is 1. The van der Waals surface area contributed by atoms with Crippen LogP contribution in [-0.2, 0) is 3.07 Å². The fraction of sp³-hybridized carbons (Fsp3) is 1.00. The third-order valence-electron chi connectivity index (χ3n) is 1.20. The molecule has 0 saturated heterocycles. The quantitative estimate of drug-likeness (QED) is 0.418. The molecule has 1 atom stereocenters. The average molecular weight is 332 g/mol. The minimum atomic E-state index is -0.512. The minimum Gasteiger partial charge on any atom is -0.147 e. The molecule has 1 N–H and O–H groups in total. The van der Waals surface area contributed by atoms with E-state index in [0.717, 1.165) is 22.8 Å². The number of rotatable bonds is 8. The first-order valence-corrected chi connectivity index (χ1v) is 8.37. The molecule has 0 heterocycles. The van der Waals surface area contributed by atoms with Gasteiger partial charge in [0.15, 0.2) is 0 Å². The van der Waals surface area contributed by atoms with Crippen molar-refractivity contribution in [2.75, 3.05) is 25.3 Å². The van der Waals surface area contributed by atoms with Gasteiger partial charge in [-0.1, -0.05) is 0 Å².